The second-order valence-electron chi connectivity index (χ2n) is 0. The van der Waals surface area contributed by atoms with Gasteiger partial charge in [-0.05, 0) is 0 Å². The Hall–Kier alpha value is 5.04. The maximum absolute atomic E-state index is 0. The Balaban J connectivity index is 0. The largest absolute Gasteiger partial charge is 3.00 e. The molecule has 0 saturated heterocycles. The standard InChI is InChI=1S/2Sm.3Te/q2*+3;3*-2. The van der Waals surface area contributed by atoms with Crippen molar-refractivity contribution in [2.75, 3.05) is 0 Å². The maximum Gasteiger partial charge on any atom is 3.00 e. The predicted molar refractivity (Wildman–Crippen MR) is 17.3 cm³/mol. The summed E-state index contributed by atoms with van der Waals surface area (Å²) in [5, 5.41) is 0. The normalized spacial score (nSPS) is 0. The fourth-order valence-electron chi connectivity index (χ4n) is 0. The van der Waals surface area contributed by atoms with Crippen LogP contribution in [-0.4, -0.2) is 71.0 Å². The molecule has 0 rings (SSSR count). The molecule has 0 aliphatic carbocycles. The summed E-state index contributed by atoms with van der Waals surface area (Å²) < 4.78 is 0. The molecule has 0 aromatic rings. The van der Waals surface area contributed by atoms with E-state index in [2.05, 4.69) is 0 Å². The molecule has 30 valence electrons. The molecule has 0 amide bonds. The monoisotopic (exact) mass is 694 g/mol. The van der Waals surface area contributed by atoms with Gasteiger partial charge in [0.2, 0.25) is 0 Å². The summed E-state index contributed by atoms with van der Waals surface area (Å²) in [7, 11) is 0. The fourth-order valence-corrected chi connectivity index (χ4v) is 0. The third-order valence-electron chi connectivity index (χ3n) is 0. The van der Waals surface area contributed by atoms with E-state index in [1.54, 1.807) is 0 Å². The topological polar surface area (TPSA) is 0 Å². The first-order chi connectivity index (χ1) is 0. The molecule has 0 aliphatic heterocycles. The van der Waals surface area contributed by atoms with E-state index in [9.17, 15) is 0 Å². The van der Waals surface area contributed by atoms with E-state index in [4.69, 9.17) is 0 Å². The van der Waals surface area contributed by atoms with Gasteiger partial charge in [0.05, 0.1) is 0 Å². The van der Waals surface area contributed by atoms with Crippen LogP contribution in [0.5, 0.6) is 0 Å². The molecule has 0 nitrogen and oxygen atoms in total. The minimum absolute atomic E-state index is 0. The summed E-state index contributed by atoms with van der Waals surface area (Å²) in [6, 6.07) is 0. The van der Waals surface area contributed by atoms with E-state index in [1.807, 2.05) is 0 Å². The van der Waals surface area contributed by atoms with Crippen molar-refractivity contribution >= 4 is 71.0 Å². The van der Waals surface area contributed by atoms with Crippen LogP contribution in [0.4, 0.5) is 0 Å². The first-order valence-corrected chi connectivity index (χ1v) is 0. The second-order valence-corrected chi connectivity index (χ2v) is 0. The van der Waals surface area contributed by atoms with Crippen LogP contribution in [-0.2, 0) is 0 Å². The Morgan fingerprint density at radius 3 is 0.400 bits per heavy atom. The first-order valence-electron chi connectivity index (χ1n) is 0. The minimum atomic E-state index is 0. The number of rotatable bonds is 0. The Labute approximate surface area is 147 Å². The summed E-state index contributed by atoms with van der Waals surface area (Å²) in [5.74, 6) is 0. The molecule has 0 fully saturated rings. The van der Waals surface area contributed by atoms with Gasteiger partial charge in [-0.25, -0.2) is 0 Å². The van der Waals surface area contributed by atoms with Crippen LogP contribution in [0.25, 0.3) is 0 Å². The van der Waals surface area contributed by atoms with Crippen molar-refractivity contribution in [3.63, 3.8) is 0 Å². The van der Waals surface area contributed by atoms with Crippen molar-refractivity contribution in [2.24, 2.45) is 0 Å². The Bertz CT molecular complexity index is 4.85. The van der Waals surface area contributed by atoms with Crippen LogP contribution in [0.1, 0.15) is 0 Å². The van der Waals surface area contributed by atoms with Crippen LogP contribution in [0.3, 0.4) is 0 Å². The zero-order chi connectivity index (χ0) is 0. The van der Waals surface area contributed by atoms with E-state index in [1.165, 1.54) is 0 Å². The Morgan fingerprint density at radius 1 is 0.400 bits per heavy atom. The molecule has 0 spiro atoms. The van der Waals surface area contributed by atoms with E-state index < -0.39 is 0 Å². The van der Waals surface area contributed by atoms with E-state index in [-0.39, 0.29) is 152 Å². The zero-order valence-electron chi connectivity index (χ0n) is 2.04. The van der Waals surface area contributed by atoms with Crippen molar-refractivity contribution in [2.45, 2.75) is 0 Å². The summed E-state index contributed by atoms with van der Waals surface area (Å²) in [6.45, 7) is 0. The molecular weight excluding hydrogens is 684 g/mol. The van der Waals surface area contributed by atoms with Gasteiger partial charge in [-0.3, -0.25) is 0 Å². The molecule has 0 N–H and O–H groups in total. The summed E-state index contributed by atoms with van der Waals surface area (Å²) in [6.07, 6.45) is 0. The molecule has 0 aromatic carbocycles. The SMILES string of the molecule is [Sm+3].[Sm+3].[Te-2].[Te-2].[Te-2]. The van der Waals surface area contributed by atoms with Gasteiger partial charge in [-0.1, -0.05) is 0 Å². The second kappa shape index (κ2) is 23.0. The molecule has 0 aromatic heterocycles. The molecular formula is Sm2Te3. The van der Waals surface area contributed by atoms with Crippen molar-refractivity contribution in [1.29, 1.82) is 0 Å². The predicted octanol–water partition coefficient (Wildman–Crippen LogP) is -1.14. The van der Waals surface area contributed by atoms with Gasteiger partial charge in [0.25, 0.3) is 0 Å². The average Bonchev–Trinajstić information content (AvgIpc) is 0. The van der Waals surface area contributed by atoms with Crippen molar-refractivity contribution in [3.8, 4) is 0 Å². The summed E-state index contributed by atoms with van der Waals surface area (Å²) in [5.41, 5.74) is 0. The van der Waals surface area contributed by atoms with Gasteiger partial charge < -0.3 is 71.0 Å². The molecule has 0 bridgehead atoms. The molecule has 5 heavy (non-hydrogen) atoms. The summed E-state index contributed by atoms with van der Waals surface area (Å²) in [4.78, 5) is 0. The zero-order valence-corrected chi connectivity index (χ0v) is 14.3. The van der Waals surface area contributed by atoms with Gasteiger partial charge in [-0.15, -0.1) is 0 Å². The molecule has 0 aliphatic rings. The van der Waals surface area contributed by atoms with Gasteiger partial charge in [0.1, 0.15) is 0 Å². The minimum Gasteiger partial charge on any atom is -2.00 e. The molecule has 5 heteroatoms. The van der Waals surface area contributed by atoms with Crippen molar-refractivity contribution in [3.05, 3.63) is 0 Å². The molecule has 0 heterocycles. The van der Waals surface area contributed by atoms with Crippen LogP contribution in [0.15, 0.2) is 0 Å². The number of hydrogen-bond acceptors (Lipinski definition) is 0. The molecule has 0 unspecified atom stereocenters. The van der Waals surface area contributed by atoms with Gasteiger partial charge in [0.15, 0.2) is 0 Å². The Kier molecular flexibility index (Phi) is 149. The van der Waals surface area contributed by atoms with Crippen LogP contribution in [0.2, 0.25) is 0 Å². The third kappa shape index (κ3) is 17.6. The van der Waals surface area contributed by atoms with Gasteiger partial charge >= 0.3 is 80.8 Å². The number of hydrogen-bond donors (Lipinski definition) is 0. The average molecular weight is 684 g/mol. The Morgan fingerprint density at radius 2 is 0.400 bits per heavy atom. The first kappa shape index (κ1) is 32.3. The van der Waals surface area contributed by atoms with E-state index >= 15 is 0 Å². The van der Waals surface area contributed by atoms with E-state index in [0.717, 1.165) is 0 Å². The van der Waals surface area contributed by atoms with Crippen molar-refractivity contribution < 1.29 is 80.8 Å². The van der Waals surface area contributed by atoms with Crippen LogP contribution >= 0.6 is 0 Å². The van der Waals surface area contributed by atoms with Crippen LogP contribution < -0.4 is 0 Å². The maximum atomic E-state index is 0. The van der Waals surface area contributed by atoms with E-state index in [0.29, 0.717) is 0 Å². The van der Waals surface area contributed by atoms with Gasteiger partial charge in [-0.2, -0.15) is 0 Å². The smallest absolute Gasteiger partial charge is 2.00 e. The molecule has 2 radical (unpaired) electrons. The van der Waals surface area contributed by atoms with Gasteiger partial charge in [0, 0.05) is 0 Å². The van der Waals surface area contributed by atoms with Crippen LogP contribution in [0, 0.1) is 80.8 Å². The fraction of sp³-hybridized carbons (Fsp3) is 0. The summed E-state index contributed by atoms with van der Waals surface area (Å²) >= 11 is 0. The third-order valence-corrected chi connectivity index (χ3v) is 0. The van der Waals surface area contributed by atoms with Crippen molar-refractivity contribution in [1.82, 2.24) is 0 Å². The molecule has 0 saturated carbocycles. The quantitative estimate of drug-likeness (QED) is 0.284. The molecule has 0 atom stereocenters.